The highest BCUT2D eigenvalue weighted by Gasteiger charge is 2.37. The van der Waals surface area contributed by atoms with Crippen LogP contribution in [0.4, 0.5) is 0 Å². The first-order chi connectivity index (χ1) is 8.85. The molecule has 0 radical (unpaired) electrons. The summed E-state index contributed by atoms with van der Waals surface area (Å²) >= 11 is 0. The SMILES string of the molecule is CC(O)CCC(=O)NCC1(N(C)C)CCCC(C)C1. The summed E-state index contributed by atoms with van der Waals surface area (Å²) in [5.74, 6) is 0.783. The maximum atomic E-state index is 11.8. The molecule has 4 nitrogen and oxygen atoms in total. The molecule has 0 spiro atoms. The first-order valence-electron chi connectivity index (χ1n) is 7.48. The van der Waals surface area contributed by atoms with E-state index < -0.39 is 6.10 Å². The van der Waals surface area contributed by atoms with Crippen molar-refractivity contribution in [3.63, 3.8) is 0 Å². The van der Waals surface area contributed by atoms with Gasteiger partial charge < -0.3 is 15.3 Å². The predicted molar refractivity (Wildman–Crippen MR) is 78.0 cm³/mol. The van der Waals surface area contributed by atoms with Crippen LogP contribution in [0.1, 0.15) is 52.4 Å². The van der Waals surface area contributed by atoms with Crippen LogP contribution in [-0.4, -0.2) is 48.2 Å². The standard InChI is InChI=1S/C15H30N2O2/c1-12-6-5-9-15(10-12,17(3)4)11-16-14(19)8-7-13(2)18/h12-13,18H,5-11H2,1-4H3,(H,16,19). The highest BCUT2D eigenvalue weighted by atomic mass is 16.3. The Balaban J connectivity index is 2.48. The molecule has 0 aromatic heterocycles. The molecule has 3 unspecified atom stereocenters. The molecule has 1 aliphatic rings. The number of hydrogen-bond donors (Lipinski definition) is 2. The van der Waals surface area contributed by atoms with Crippen LogP contribution in [0.25, 0.3) is 0 Å². The normalized spacial score (nSPS) is 29.3. The van der Waals surface area contributed by atoms with E-state index in [1.54, 1.807) is 6.92 Å². The van der Waals surface area contributed by atoms with Crippen LogP contribution >= 0.6 is 0 Å². The summed E-state index contributed by atoms with van der Waals surface area (Å²) < 4.78 is 0. The van der Waals surface area contributed by atoms with E-state index in [0.717, 1.165) is 25.3 Å². The minimum absolute atomic E-state index is 0.0559. The van der Waals surface area contributed by atoms with Gasteiger partial charge >= 0.3 is 0 Å². The van der Waals surface area contributed by atoms with Crippen LogP contribution in [0.3, 0.4) is 0 Å². The van der Waals surface area contributed by atoms with Crippen molar-refractivity contribution in [2.75, 3.05) is 20.6 Å². The van der Waals surface area contributed by atoms with Crippen LogP contribution in [0.5, 0.6) is 0 Å². The summed E-state index contributed by atoms with van der Waals surface area (Å²) in [6, 6.07) is 0. The highest BCUT2D eigenvalue weighted by Crippen LogP contribution is 2.35. The van der Waals surface area contributed by atoms with Gasteiger partial charge in [0.25, 0.3) is 0 Å². The van der Waals surface area contributed by atoms with Crippen molar-refractivity contribution in [2.24, 2.45) is 5.92 Å². The van der Waals surface area contributed by atoms with Gasteiger partial charge in [0.2, 0.25) is 5.91 Å². The molecule has 1 rings (SSSR count). The van der Waals surface area contributed by atoms with Crippen LogP contribution in [0.15, 0.2) is 0 Å². The largest absolute Gasteiger partial charge is 0.393 e. The van der Waals surface area contributed by atoms with Crippen molar-refractivity contribution in [3.05, 3.63) is 0 Å². The van der Waals surface area contributed by atoms with Crippen molar-refractivity contribution in [2.45, 2.75) is 64.0 Å². The van der Waals surface area contributed by atoms with Gasteiger partial charge in [-0.3, -0.25) is 4.79 Å². The van der Waals surface area contributed by atoms with E-state index in [-0.39, 0.29) is 11.4 Å². The number of nitrogens with one attached hydrogen (secondary N) is 1. The van der Waals surface area contributed by atoms with Gasteiger partial charge in [-0.2, -0.15) is 0 Å². The predicted octanol–water partition coefficient (Wildman–Crippen LogP) is 1.77. The van der Waals surface area contributed by atoms with Gasteiger partial charge in [0.1, 0.15) is 0 Å². The molecular formula is C15H30N2O2. The molecule has 0 aliphatic heterocycles. The molecule has 112 valence electrons. The zero-order chi connectivity index (χ0) is 14.5. The quantitative estimate of drug-likeness (QED) is 0.773. The second-order valence-corrected chi connectivity index (χ2v) is 6.48. The molecule has 0 saturated heterocycles. The molecule has 2 N–H and O–H groups in total. The monoisotopic (exact) mass is 270 g/mol. The van der Waals surface area contributed by atoms with Crippen molar-refractivity contribution < 1.29 is 9.90 Å². The molecule has 1 fully saturated rings. The van der Waals surface area contributed by atoms with E-state index >= 15 is 0 Å². The number of nitrogens with zero attached hydrogens (tertiary/aromatic N) is 1. The fourth-order valence-corrected chi connectivity index (χ4v) is 3.05. The zero-order valence-corrected chi connectivity index (χ0v) is 12.9. The van der Waals surface area contributed by atoms with Gasteiger partial charge in [0, 0.05) is 18.5 Å². The third kappa shape index (κ3) is 5.11. The number of rotatable bonds is 6. The molecule has 1 amide bonds. The van der Waals surface area contributed by atoms with Crippen molar-refractivity contribution >= 4 is 5.91 Å². The Hall–Kier alpha value is -0.610. The Morgan fingerprint density at radius 1 is 1.53 bits per heavy atom. The second-order valence-electron chi connectivity index (χ2n) is 6.48. The van der Waals surface area contributed by atoms with Crippen molar-refractivity contribution in [3.8, 4) is 0 Å². The van der Waals surface area contributed by atoms with Gasteiger partial charge in [-0.25, -0.2) is 0 Å². The molecule has 0 bridgehead atoms. The van der Waals surface area contributed by atoms with Crippen LogP contribution < -0.4 is 5.32 Å². The molecule has 19 heavy (non-hydrogen) atoms. The lowest BCUT2D eigenvalue weighted by Crippen LogP contribution is -2.55. The molecule has 1 aliphatic carbocycles. The third-order valence-corrected chi connectivity index (χ3v) is 4.42. The van der Waals surface area contributed by atoms with Crippen molar-refractivity contribution in [1.82, 2.24) is 10.2 Å². The maximum absolute atomic E-state index is 11.8. The number of carbonyl (C=O) groups excluding carboxylic acids is 1. The molecule has 0 heterocycles. The average molecular weight is 270 g/mol. The minimum atomic E-state index is -0.400. The fraction of sp³-hybridized carbons (Fsp3) is 0.933. The molecule has 0 aromatic rings. The number of amides is 1. The molecular weight excluding hydrogens is 240 g/mol. The molecule has 3 atom stereocenters. The summed E-state index contributed by atoms with van der Waals surface area (Å²) in [4.78, 5) is 14.1. The summed E-state index contributed by atoms with van der Waals surface area (Å²) in [7, 11) is 4.22. The smallest absolute Gasteiger partial charge is 0.220 e. The first kappa shape index (κ1) is 16.4. The minimum Gasteiger partial charge on any atom is -0.393 e. The topological polar surface area (TPSA) is 52.6 Å². The number of hydrogen-bond acceptors (Lipinski definition) is 3. The zero-order valence-electron chi connectivity index (χ0n) is 12.9. The summed E-state index contributed by atoms with van der Waals surface area (Å²) in [5.41, 5.74) is 0.109. The van der Waals surface area contributed by atoms with E-state index in [1.165, 1.54) is 12.8 Å². The number of aliphatic hydroxyl groups excluding tert-OH is 1. The lowest BCUT2D eigenvalue weighted by atomic mass is 9.75. The van der Waals surface area contributed by atoms with E-state index in [9.17, 15) is 9.90 Å². The lowest BCUT2D eigenvalue weighted by Gasteiger charge is -2.45. The molecule has 0 aromatic carbocycles. The summed E-state index contributed by atoms with van der Waals surface area (Å²) in [5, 5.41) is 12.3. The van der Waals surface area contributed by atoms with E-state index in [1.807, 2.05) is 0 Å². The third-order valence-electron chi connectivity index (χ3n) is 4.42. The Labute approximate surface area is 117 Å². The Morgan fingerprint density at radius 3 is 2.74 bits per heavy atom. The van der Waals surface area contributed by atoms with Crippen LogP contribution in [-0.2, 0) is 4.79 Å². The van der Waals surface area contributed by atoms with E-state index in [0.29, 0.717) is 12.8 Å². The first-order valence-corrected chi connectivity index (χ1v) is 7.48. The fourth-order valence-electron chi connectivity index (χ4n) is 3.05. The van der Waals surface area contributed by atoms with Crippen molar-refractivity contribution in [1.29, 1.82) is 0 Å². The Kier molecular flexibility index (Phi) is 6.27. The summed E-state index contributed by atoms with van der Waals surface area (Å²) in [6.07, 6.45) is 5.39. The Morgan fingerprint density at radius 2 is 2.21 bits per heavy atom. The van der Waals surface area contributed by atoms with Gasteiger partial charge in [-0.1, -0.05) is 19.8 Å². The highest BCUT2D eigenvalue weighted by molar-refractivity contribution is 5.75. The Bertz CT molecular complexity index is 292. The molecule has 1 saturated carbocycles. The van der Waals surface area contributed by atoms with Crippen LogP contribution in [0, 0.1) is 5.92 Å². The van der Waals surface area contributed by atoms with E-state index in [2.05, 4.69) is 31.2 Å². The van der Waals surface area contributed by atoms with E-state index in [4.69, 9.17) is 0 Å². The van der Waals surface area contributed by atoms with Gasteiger partial charge in [-0.05, 0) is 46.2 Å². The lowest BCUT2D eigenvalue weighted by molar-refractivity contribution is -0.122. The maximum Gasteiger partial charge on any atom is 0.220 e. The number of carbonyl (C=O) groups is 1. The van der Waals surface area contributed by atoms with Gasteiger partial charge in [0.15, 0.2) is 0 Å². The van der Waals surface area contributed by atoms with Crippen LogP contribution in [0.2, 0.25) is 0 Å². The molecule has 4 heteroatoms. The number of aliphatic hydroxyl groups is 1. The average Bonchev–Trinajstić information content (AvgIpc) is 2.33. The summed E-state index contributed by atoms with van der Waals surface area (Å²) in [6.45, 7) is 4.74. The van der Waals surface area contributed by atoms with Gasteiger partial charge in [0.05, 0.1) is 6.10 Å². The van der Waals surface area contributed by atoms with Gasteiger partial charge in [-0.15, -0.1) is 0 Å². The second kappa shape index (κ2) is 7.25. The number of likely N-dealkylation sites (N-methyl/N-ethyl adjacent to an activating group) is 1.